The van der Waals surface area contributed by atoms with Crippen LogP contribution in [0.1, 0.15) is 29.6 Å². The fourth-order valence-electron chi connectivity index (χ4n) is 2.26. The predicted octanol–water partition coefficient (Wildman–Crippen LogP) is 3.51. The number of hydrogen-bond donors (Lipinski definition) is 2. The highest BCUT2D eigenvalue weighted by Gasteiger charge is 2.20. The van der Waals surface area contributed by atoms with E-state index in [1.165, 1.54) is 6.07 Å². The summed E-state index contributed by atoms with van der Waals surface area (Å²) in [5, 5.41) is 11.9. The number of hydrogen-bond acceptors (Lipinski definition) is 3. The van der Waals surface area contributed by atoms with Crippen molar-refractivity contribution in [2.75, 3.05) is 16.8 Å². The Morgan fingerprint density at radius 1 is 1.35 bits per heavy atom. The maximum absolute atomic E-state index is 12.0. The van der Waals surface area contributed by atoms with Gasteiger partial charge in [0.25, 0.3) is 0 Å². The Balaban J connectivity index is 2.04. The quantitative estimate of drug-likeness (QED) is 0.892. The summed E-state index contributed by atoms with van der Waals surface area (Å²) >= 11 is 7.78. The largest absolute Gasteiger partial charge is 0.478 e. The second kappa shape index (κ2) is 6.99. The maximum Gasteiger partial charge on any atom is 0.339 e. The van der Waals surface area contributed by atoms with Gasteiger partial charge in [-0.25, -0.2) is 4.79 Å². The fourth-order valence-corrected chi connectivity index (χ4v) is 3.72. The number of carboxylic acids is 1. The third-order valence-corrected chi connectivity index (χ3v) is 4.68. The van der Waals surface area contributed by atoms with Crippen molar-refractivity contribution in [2.45, 2.75) is 19.3 Å². The molecule has 1 amide bonds. The van der Waals surface area contributed by atoms with E-state index in [2.05, 4.69) is 5.32 Å². The number of aromatic carboxylic acids is 1. The van der Waals surface area contributed by atoms with E-state index >= 15 is 0 Å². The maximum atomic E-state index is 12.0. The number of halogens is 1. The number of thioether (sulfide) groups is 1. The van der Waals surface area contributed by atoms with Gasteiger partial charge in [0, 0.05) is 6.42 Å². The molecule has 2 N–H and O–H groups in total. The van der Waals surface area contributed by atoms with Gasteiger partial charge in [0.1, 0.15) is 5.56 Å². The minimum atomic E-state index is -1.14. The van der Waals surface area contributed by atoms with E-state index in [0.29, 0.717) is 12.3 Å². The molecule has 1 aromatic rings. The van der Waals surface area contributed by atoms with E-state index in [1.54, 1.807) is 12.1 Å². The molecule has 108 valence electrons. The van der Waals surface area contributed by atoms with Crippen LogP contribution in [-0.4, -0.2) is 28.5 Å². The molecular weight excluding hydrogens is 298 g/mol. The van der Waals surface area contributed by atoms with E-state index in [9.17, 15) is 9.59 Å². The lowest BCUT2D eigenvalue weighted by atomic mass is 9.98. The molecule has 0 radical (unpaired) electrons. The molecule has 0 aromatic heterocycles. The average molecular weight is 314 g/mol. The molecule has 0 aliphatic carbocycles. The van der Waals surface area contributed by atoms with Crippen LogP contribution in [0.5, 0.6) is 0 Å². The summed E-state index contributed by atoms with van der Waals surface area (Å²) in [5.41, 5.74) is 0.210. The highest BCUT2D eigenvalue weighted by molar-refractivity contribution is 7.99. The van der Waals surface area contributed by atoms with Crippen LogP contribution in [0.25, 0.3) is 0 Å². The van der Waals surface area contributed by atoms with Crippen molar-refractivity contribution in [3.05, 3.63) is 28.8 Å². The zero-order valence-corrected chi connectivity index (χ0v) is 12.5. The summed E-state index contributed by atoms with van der Waals surface area (Å²) in [5.74, 6) is 1.29. The first-order valence-electron chi connectivity index (χ1n) is 6.47. The molecule has 1 saturated heterocycles. The van der Waals surface area contributed by atoms with Gasteiger partial charge < -0.3 is 10.4 Å². The number of carbonyl (C=O) groups excluding carboxylic acids is 1. The van der Waals surface area contributed by atoms with Crippen molar-refractivity contribution in [1.82, 2.24) is 0 Å². The van der Waals surface area contributed by atoms with E-state index in [1.807, 2.05) is 11.8 Å². The second-order valence-corrected chi connectivity index (χ2v) is 6.41. The van der Waals surface area contributed by atoms with Gasteiger partial charge in [0.15, 0.2) is 0 Å². The summed E-state index contributed by atoms with van der Waals surface area (Å²) < 4.78 is 0. The van der Waals surface area contributed by atoms with Crippen molar-refractivity contribution in [3.63, 3.8) is 0 Å². The minimum absolute atomic E-state index is 0.0540. The molecule has 0 saturated carbocycles. The first kappa shape index (κ1) is 15.2. The molecule has 0 unspecified atom stereocenters. The lowest BCUT2D eigenvalue weighted by Crippen LogP contribution is -2.20. The lowest BCUT2D eigenvalue weighted by molar-refractivity contribution is -0.117. The normalized spacial score (nSPS) is 15.8. The van der Waals surface area contributed by atoms with E-state index in [-0.39, 0.29) is 22.2 Å². The Morgan fingerprint density at radius 2 is 2.05 bits per heavy atom. The summed E-state index contributed by atoms with van der Waals surface area (Å²) in [7, 11) is 0. The number of anilines is 1. The number of rotatable bonds is 4. The van der Waals surface area contributed by atoms with Gasteiger partial charge in [0.2, 0.25) is 5.91 Å². The Kier molecular flexibility index (Phi) is 5.31. The summed E-state index contributed by atoms with van der Waals surface area (Å²) in [6, 6.07) is 4.69. The van der Waals surface area contributed by atoms with Crippen LogP contribution in [0.2, 0.25) is 5.02 Å². The van der Waals surface area contributed by atoms with Gasteiger partial charge in [-0.15, -0.1) is 0 Å². The lowest BCUT2D eigenvalue weighted by Gasteiger charge is -2.20. The number of carbonyl (C=O) groups is 2. The molecule has 0 atom stereocenters. The van der Waals surface area contributed by atoms with Crippen LogP contribution in [0.15, 0.2) is 18.2 Å². The van der Waals surface area contributed by atoms with Gasteiger partial charge in [-0.2, -0.15) is 11.8 Å². The van der Waals surface area contributed by atoms with E-state index in [0.717, 1.165) is 24.3 Å². The van der Waals surface area contributed by atoms with Crippen LogP contribution in [0.4, 0.5) is 5.69 Å². The van der Waals surface area contributed by atoms with Crippen LogP contribution in [-0.2, 0) is 4.79 Å². The van der Waals surface area contributed by atoms with Crippen molar-refractivity contribution < 1.29 is 14.7 Å². The topological polar surface area (TPSA) is 66.4 Å². The zero-order chi connectivity index (χ0) is 14.5. The Labute approximate surface area is 126 Å². The fraction of sp³-hybridized carbons (Fsp3) is 0.429. The molecule has 0 bridgehead atoms. The molecule has 1 aromatic carbocycles. The van der Waals surface area contributed by atoms with E-state index in [4.69, 9.17) is 16.7 Å². The molecule has 1 aliphatic heterocycles. The second-order valence-electron chi connectivity index (χ2n) is 4.78. The molecule has 1 fully saturated rings. The Hall–Kier alpha value is -1.20. The Morgan fingerprint density at radius 3 is 2.70 bits per heavy atom. The Bertz CT molecular complexity index is 515. The summed E-state index contributed by atoms with van der Waals surface area (Å²) in [6.45, 7) is 0. The standard InChI is InChI=1S/C14H16ClNO3S/c15-10-2-1-3-11(13(10)14(18)19)16-12(17)8-9-4-6-20-7-5-9/h1-3,9H,4-8H2,(H,16,17)(H,18,19). The molecule has 1 heterocycles. The minimum Gasteiger partial charge on any atom is -0.478 e. The van der Waals surface area contributed by atoms with Crippen LogP contribution in [0.3, 0.4) is 0 Å². The smallest absolute Gasteiger partial charge is 0.339 e. The molecular formula is C14H16ClNO3S. The summed E-state index contributed by atoms with van der Waals surface area (Å²) in [4.78, 5) is 23.2. The predicted molar refractivity (Wildman–Crippen MR) is 81.7 cm³/mol. The monoisotopic (exact) mass is 313 g/mol. The van der Waals surface area contributed by atoms with Crippen molar-refractivity contribution in [1.29, 1.82) is 0 Å². The van der Waals surface area contributed by atoms with Gasteiger partial charge in [-0.1, -0.05) is 17.7 Å². The van der Waals surface area contributed by atoms with E-state index < -0.39 is 5.97 Å². The number of benzene rings is 1. The third-order valence-electron chi connectivity index (χ3n) is 3.32. The first-order valence-corrected chi connectivity index (χ1v) is 8.00. The third kappa shape index (κ3) is 3.90. The van der Waals surface area contributed by atoms with Crippen molar-refractivity contribution in [2.24, 2.45) is 5.92 Å². The van der Waals surface area contributed by atoms with Crippen molar-refractivity contribution in [3.8, 4) is 0 Å². The van der Waals surface area contributed by atoms with Crippen LogP contribution < -0.4 is 5.32 Å². The molecule has 4 nitrogen and oxygen atoms in total. The van der Waals surface area contributed by atoms with Gasteiger partial charge >= 0.3 is 5.97 Å². The van der Waals surface area contributed by atoms with Crippen LogP contribution in [0, 0.1) is 5.92 Å². The van der Waals surface area contributed by atoms with Gasteiger partial charge in [-0.3, -0.25) is 4.79 Å². The zero-order valence-electron chi connectivity index (χ0n) is 10.9. The number of nitrogens with one attached hydrogen (secondary N) is 1. The summed E-state index contributed by atoms with van der Waals surface area (Å²) in [6.07, 6.45) is 2.52. The van der Waals surface area contributed by atoms with Gasteiger partial charge in [-0.05, 0) is 42.4 Å². The molecule has 20 heavy (non-hydrogen) atoms. The van der Waals surface area contributed by atoms with Gasteiger partial charge in [0.05, 0.1) is 10.7 Å². The van der Waals surface area contributed by atoms with Crippen LogP contribution >= 0.6 is 23.4 Å². The molecule has 6 heteroatoms. The van der Waals surface area contributed by atoms with Crippen molar-refractivity contribution >= 4 is 40.9 Å². The highest BCUT2D eigenvalue weighted by atomic mass is 35.5. The molecule has 0 spiro atoms. The average Bonchev–Trinajstić information content (AvgIpc) is 2.39. The number of carboxylic acid groups (broad SMARTS) is 1. The molecule has 2 rings (SSSR count). The number of amides is 1. The first-order chi connectivity index (χ1) is 9.58. The molecule has 1 aliphatic rings. The SMILES string of the molecule is O=C(CC1CCSCC1)Nc1cccc(Cl)c1C(=O)O. The highest BCUT2D eigenvalue weighted by Crippen LogP contribution is 2.27.